The lowest BCUT2D eigenvalue weighted by molar-refractivity contribution is -0.385. The van der Waals surface area contributed by atoms with Crippen molar-refractivity contribution < 1.29 is 18.5 Å². The van der Waals surface area contributed by atoms with Gasteiger partial charge in [-0.05, 0) is 17.7 Å². The third kappa shape index (κ3) is 2.42. The summed E-state index contributed by atoms with van der Waals surface area (Å²) in [7, 11) is 0. The molecule has 0 spiro atoms. The predicted molar refractivity (Wildman–Crippen MR) is 51.0 cm³/mol. The number of nitrogens with zero attached hydrogens (tertiary/aromatic N) is 2. The lowest BCUT2D eigenvalue weighted by Gasteiger charge is -2.03. The lowest BCUT2D eigenvalue weighted by atomic mass is 10.2. The van der Waals surface area contributed by atoms with Crippen LogP contribution in [0.4, 0.5) is 14.5 Å². The molecule has 0 saturated heterocycles. The Morgan fingerprint density at radius 2 is 2.12 bits per heavy atom. The second-order valence-corrected chi connectivity index (χ2v) is 3.27. The summed E-state index contributed by atoms with van der Waals surface area (Å²) in [6.45, 7) is 0. The van der Waals surface area contributed by atoms with E-state index >= 15 is 0 Å². The molecule has 0 bridgehead atoms. The van der Waals surface area contributed by atoms with E-state index in [0.717, 1.165) is 0 Å². The van der Waals surface area contributed by atoms with Gasteiger partial charge in [0.05, 0.1) is 4.92 Å². The number of pyridine rings is 1. The Morgan fingerprint density at radius 1 is 1.56 bits per heavy atom. The molecule has 16 heavy (non-hydrogen) atoms. The maximum absolute atomic E-state index is 12.3. The van der Waals surface area contributed by atoms with E-state index < -0.39 is 38.7 Å². The van der Waals surface area contributed by atoms with Gasteiger partial charge in [0.15, 0.2) is 0 Å². The van der Waals surface area contributed by atoms with Crippen LogP contribution < -0.4 is 0 Å². The van der Waals surface area contributed by atoms with Crippen molar-refractivity contribution >= 4 is 34.1 Å². The number of alkyl halides is 2. The van der Waals surface area contributed by atoms with Gasteiger partial charge in [0.25, 0.3) is 11.7 Å². The SMILES string of the molecule is O=C(Cl)c1cc(C(F)F)nc(Cl)c1[N+](=O)[O-]. The van der Waals surface area contributed by atoms with Crippen molar-refractivity contribution in [2.75, 3.05) is 0 Å². The third-order valence-corrected chi connectivity index (χ3v) is 2.06. The highest BCUT2D eigenvalue weighted by atomic mass is 35.5. The predicted octanol–water partition coefficient (Wildman–Crippen LogP) is 2.96. The first-order valence-corrected chi connectivity index (χ1v) is 4.43. The van der Waals surface area contributed by atoms with Gasteiger partial charge in [-0.3, -0.25) is 14.9 Å². The second kappa shape index (κ2) is 4.67. The zero-order chi connectivity index (χ0) is 12.5. The average Bonchev–Trinajstić information content (AvgIpc) is 2.15. The zero-order valence-electron chi connectivity index (χ0n) is 7.29. The molecule has 0 radical (unpaired) electrons. The van der Waals surface area contributed by atoms with Crippen LogP contribution in [0.25, 0.3) is 0 Å². The van der Waals surface area contributed by atoms with E-state index in [0.29, 0.717) is 6.07 Å². The normalized spacial score (nSPS) is 10.6. The number of rotatable bonds is 3. The lowest BCUT2D eigenvalue weighted by Crippen LogP contribution is -2.04. The summed E-state index contributed by atoms with van der Waals surface area (Å²) in [5.74, 6) is 0. The van der Waals surface area contributed by atoms with Crippen molar-refractivity contribution in [2.45, 2.75) is 6.43 Å². The highest BCUT2D eigenvalue weighted by molar-refractivity contribution is 6.68. The number of carbonyl (C=O) groups is 1. The Morgan fingerprint density at radius 3 is 2.50 bits per heavy atom. The largest absolute Gasteiger partial charge is 0.318 e. The van der Waals surface area contributed by atoms with Gasteiger partial charge in [0.1, 0.15) is 11.3 Å². The van der Waals surface area contributed by atoms with Crippen LogP contribution in [-0.2, 0) is 0 Å². The highest BCUT2D eigenvalue weighted by Gasteiger charge is 2.27. The first-order chi connectivity index (χ1) is 7.34. The van der Waals surface area contributed by atoms with Crippen molar-refractivity contribution in [1.82, 2.24) is 4.98 Å². The smallest absolute Gasteiger partial charge is 0.275 e. The minimum atomic E-state index is -3.01. The number of carbonyl (C=O) groups excluding carboxylic acids is 1. The Kier molecular flexibility index (Phi) is 3.71. The molecule has 0 aliphatic rings. The average molecular weight is 271 g/mol. The van der Waals surface area contributed by atoms with Gasteiger partial charge in [0, 0.05) is 0 Å². The van der Waals surface area contributed by atoms with Crippen LogP contribution in [-0.4, -0.2) is 15.1 Å². The molecule has 0 saturated carbocycles. The minimum absolute atomic E-state index is 0.546. The summed E-state index contributed by atoms with van der Waals surface area (Å²) in [6.07, 6.45) is -3.01. The maximum Gasteiger partial charge on any atom is 0.318 e. The standard InChI is InChI=1S/C7H2Cl2F2N2O3/c8-5-4(13(15)16)2(6(9)14)1-3(12-5)7(10)11/h1,7H. The van der Waals surface area contributed by atoms with Crippen molar-refractivity contribution in [3.8, 4) is 0 Å². The molecule has 1 heterocycles. The van der Waals surface area contributed by atoms with E-state index in [1.165, 1.54) is 0 Å². The third-order valence-electron chi connectivity index (χ3n) is 1.59. The van der Waals surface area contributed by atoms with Gasteiger partial charge in [-0.25, -0.2) is 13.8 Å². The van der Waals surface area contributed by atoms with Crippen LogP contribution in [0.15, 0.2) is 6.07 Å². The first kappa shape index (κ1) is 12.7. The van der Waals surface area contributed by atoms with Gasteiger partial charge < -0.3 is 0 Å². The molecule has 1 rings (SSSR count). The van der Waals surface area contributed by atoms with Gasteiger partial charge in [-0.2, -0.15) is 0 Å². The molecule has 0 aromatic carbocycles. The molecule has 0 aliphatic carbocycles. The van der Waals surface area contributed by atoms with Crippen LogP contribution >= 0.6 is 23.2 Å². The van der Waals surface area contributed by atoms with E-state index in [1.54, 1.807) is 0 Å². The molecule has 0 atom stereocenters. The van der Waals surface area contributed by atoms with Crippen LogP contribution in [0.5, 0.6) is 0 Å². The van der Waals surface area contributed by atoms with E-state index in [2.05, 4.69) is 4.98 Å². The molecule has 0 aliphatic heterocycles. The van der Waals surface area contributed by atoms with Crippen molar-refractivity contribution in [1.29, 1.82) is 0 Å². The van der Waals surface area contributed by atoms with Crippen LogP contribution in [0, 0.1) is 10.1 Å². The number of aromatic nitrogens is 1. The quantitative estimate of drug-likeness (QED) is 0.366. The van der Waals surface area contributed by atoms with Gasteiger partial charge in [-0.15, -0.1) is 0 Å². The number of nitro groups is 1. The second-order valence-electron chi connectivity index (χ2n) is 2.57. The summed E-state index contributed by atoms with van der Waals surface area (Å²) in [4.78, 5) is 23.4. The first-order valence-electron chi connectivity index (χ1n) is 3.67. The van der Waals surface area contributed by atoms with Crippen LogP contribution in [0.3, 0.4) is 0 Å². The van der Waals surface area contributed by atoms with Gasteiger partial charge >= 0.3 is 5.69 Å². The van der Waals surface area contributed by atoms with E-state index in [4.69, 9.17) is 23.2 Å². The Bertz CT molecular complexity index is 467. The molecule has 5 nitrogen and oxygen atoms in total. The molecule has 86 valence electrons. The molecule has 0 amide bonds. The maximum atomic E-state index is 12.3. The number of hydrogen-bond donors (Lipinski definition) is 0. The fourth-order valence-corrected chi connectivity index (χ4v) is 1.37. The van der Waals surface area contributed by atoms with Crippen molar-refractivity contribution in [3.05, 3.63) is 32.6 Å². The number of hydrogen-bond acceptors (Lipinski definition) is 4. The molecule has 0 N–H and O–H groups in total. The van der Waals surface area contributed by atoms with Crippen LogP contribution in [0.1, 0.15) is 22.5 Å². The Balaban J connectivity index is 3.52. The summed E-state index contributed by atoms with van der Waals surface area (Å²) >= 11 is 10.3. The monoisotopic (exact) mass is 270 g/mol. The zero-order valence-corrected chi connectivity index (χ0v) is 8.80. The molecule has 1 aromatic heterocycles. The van der Waals surface area contributed by atoms with E-state index in [-0.39, 0.29) is 0 Å². The van der Waals surface area contributed by atoms with Gasteiger partial charge in [0.2, 0.25) is 5.15 Å². The molecule has 1 aromatic rings. The van der Waals surface area contributed by atoms with E-state index in [9.17, 15) is 23.7 Å². The van der Waals surface area contributed by atoms with Gasteiger partial charge in [-0.1, -0.05) is 11.6 Å². The summed E-state index contributed by atoms with van der Waals surface area (Å²) < 4.78 is 24.6. The van der Waals surface area contributed by atoms with Crippen LogP contribution in [0.2, 0.25) is 5.15 Å². The van der Waals surface area contributed by atoms with E-state index in [1.807, 2.05) is 0 Å². The molecule has 0 unspecified atom stereocenters. The Labute approximate surface area is 97.1 Å². The summed E-state index contributed by atoms with van der Waals surface area (Å²) in [5.41, 5.74) is -2.44. The number of halogens is 4. The fourth-order valence-electron chi connectivity index (χ4n) is 0.961. The van der Waals surface area contributed by atoms with Crippen molar-refractivity contribution in [3.63, 3.8) is 0 Å². The molecular weight excluding hydrogens is 269 g/mol. The highest BCUT2D eigenvalue weighted by Crippen LogP contribution is 2.31. The summed E-state index contributed by atoms with van der Waals surface area (Å²) in [5, 5.41) is 8.46. The topological polar surface area (TPSA) is 73.1 Å². The van der Waals surface area contributed by atoms with Crippen molar-refractivity contribution in [2.24, 2.45) is 0 Å². The fraction of sp³-hybridized carbons (Fsp3) is 0.143. The molecular formula is C7H2Cl2F2N2O3. The summed E-state index contributed by atoms with van der Waals surface area (Å²) in [6, 6.07) is 0.546. The molecule has 0 fully saturated rings. The Hall–Kier alpha value is -1.34. The molecule has 9 heteroatoms. The minimum Gasteiger partial charge on any atom is -0.275 e.